The lowest BCUT2D eigenvalue weighted by atomic mass is 10.0. The maximum absolute atomic E-state index is 13.2. The molecule has 1 aromatic carbocycles. The number of rotatable bonds is 4. The molecule has 6 nitrogen and oxygen atoms in total. The molecule has 1 amide bonds. The molecule has 0 unspecified atom stereocenters. The number of amides is 1. The maximum atomic E-state index is 13.2. The minimum Gasteiger partial charge on any atom is -0.497 e. The number of aromatic nitrogens is 2. The summed E-state index contributed by atoms with van der Waals surface area (Å²) in [5, 5.41) is 2.42. The minimum atomic E-state index is -0.157. The van der Waals surface area contributed by atoms with Crippen molar-refractivity contribution in [3.63, 3.8) is 0 Å². The summed E-state index contributed by atoms with van der Waals surface area (Å²) < 4.78 is 6.68. The third-order valence-corrected chi connectivity index (χ3v) is 6.15. The molecule has 1 fully saturated rings. The highest BCUT2D eigenvalue weighted by molar-refractivity contribution is 7.16. The highest BCUT2D eigenvalue weighted by Gasteiger charge is 2.27. The van der Waals surface area contributed by atoms with Crippen LogP contribution in [0.3, 0.4) is 0 Å². The molecule has 146 valence electrons. The van der Waals surface area contributed by atoms with Crippen molar-refractivity contribution in [1.82, 2.24) is 14.5 Å². The zero-order valence-corrected chi connectivity index (χ0v) is 16.7. The molecule has 4 rings (SSSR count). The minimum absolute atomic E-state index is 0.0181. The number of hydrogen-bond donors (Lipinski definition) is 0. The molecule has 0 N–H and O–H groups in total. The fourth-order valence-corrected chi connectivity index (χ4v) is 4.55. The van der Waals surface area contributed by atoms with Crippen LogP contribution < -0.4 is 10.3 Å². The van der Waals surface area contributed by atoms with Crippen LogP contribution in [0.4, 0.5) is 0 Å². The van der Waals surface area contributed by atoms with Crippen molar-refractivity contribution in [3.8, 4) is 5.75 Å². The molecule has 0 spiro atoms. The van der Waals surface area contributed by atoms with E-state index in [2.05, 4.69) is 4.98 Å². The Morgan fingerprint density at radius 3 is 2.82 bits per heavy atom. The van der Waals surface area contributed by atoms with Gasteiger partial charge >= 0.3 is 0 Å². The smallest absolute Gasteiger partial charge is 0.262 e. The van der Waals surface area contributed by atoms with E-state index in [1.807, 2.05) is 34.5 Å². The summed E-state index contributed by atoms with van der Waals surface area (Å²) >= 11 is 1.43. The third-order valence-electron chi connectivity index (χ3n) is 5.33. The molecule has 1 aliphatic rings. The second-order valence-corrected chi connectivity index (χ2v) is 7.94. The van der Waals surface area contributed by atoms with Crippen molar-refractivity contribution in [3.05, 3.63) is 58.0 Å². The number of carbonyl (C=O) groups is 1. The lowest BCUT2D eigenvalue weighted by Crippen LogP contribution is -2.39. The molecular formula is C21H23N3O3S. The van der Waals surface area contributed by atoms with Crippen LogP contribution in [0.25, 0.3) is 10.2 Å². The summed E-state index contributed by atoms with van der Waals surface area (Å²) in [6, 6.07) is 9.71. The second-order valence-electron chi connectivity index (χ2n) is 7.04. The largest absolute Gasteiger partial charge is 0.497 e. The van der Waals surface area contributed by atoms with E-state index in [1.54, 1.807) is 13.2 Å². The molecule has 7 heteroatoms. The normalized spacial score (nSPS) is 17.5. The van der Waals surface area contributed by atoms with Gasteiger partial charge in [-0.2, -0.15) is 0 Å². The van der Waals surface area contributed by atoms with Gasteiger partial charge in [0.15, 0.2) is 0 Å². The Hall–Kier alpha value is -2.67. The summed E-state index contributed by atoms with van der Waals surface area (Å²) in [5.41, 5.74) is 0.949. The number of hydrogen-bond acceptors (Lipinski definition) is 5. The molecule has 28 heavy (non-hydrogen) atoms. The Kier molecular flexibility index (Phi) is 5.43. The van der Waals surface area contributed by atoms with Gasteiger partial charge in [0, 0.05) is 6.54 Å². The lowest BCUT2D eigenvalue weighted by Gasteiger charge is -2.31. The lowest BCUT2D eigenvalue weighted by molar-refractivity contribution is -0.134. The monoisotopic (exact) mass is 397 g/mol. The van der Waals surface area contributed by atoms with Crippen molar-refractivity contribution in [2.45, 2.75) is 38.3 Å². The maximum Gasteiger partial charge on any atom is 0.262 e. The number of nitrogens with zero attached hydrogens (tertiary/aromatic N) is 3. The molecule has 0 radical (unpaired) electrons. The molecular weight excluding hydrogens is 374 g/mol. The van der Waals surface area contributed by atoms with Crippen LogP contribution in [0.15, 0.2) is 46.8 Å². The Morgan fingerprint density at radius 2 is 2.04 bits per heavy atom. The fourth-order valence-electron chi connectivity index (χ4n) is 3.82. The van der Waals surface area contributed by atoms with E-state index in [-0.39, 0.29) is 24.1 Å². The van der Waals surface area contributed by atoms with E-state index in [9.17, 15) is 9.59 Å². The first-order valence-electron chi connectivity index (χ1n) is 9.53. The summed E-state index contributed by atoms with van der Waals surface area (Å²) in [7, 11) is 1.65. The van der Waals surface area contributed by atoms with E-state index < -0.39 is 0 Å². The van der Waals surface area contributed by atoms with Crippen molar-refractivity contribution in [1.29, 1.82) is 0 Å². The average Bonchev–Trinajstić information content (AvgIpc) is 3.07. The van der Waals surface area contributed by atoms with Crippen molar-refractivity contribution >= 4 is 27.5 Å². The number of benzene rings is 1. The summed E-state index contributed by atoms with van der Waals surface area (Å²) in [4.78, 5) is 32.8. The molecule has 1 aliphatic heterocycles. The van der Waals surface area contributed by atoms with Gasteiger partial charge in [-0.15, -0.1) is 11.3 Å². The second kappa shape index (κ2) is 8.14. The molecule has 3 heterocycles. The first kappa shape index (κ1) is 18.7. The summed E-state index contributed by atoms with van der Waals surface area (Å²) in [6.45, 7) is 0.725. The van der Waals surface area contributed by atoms with E-state index in [0.29, 0.717) is 16.8 Å². The summed E-state index contributed by atoms with van der Waals surface area (Å²) in [6.07, 6.45) is 5.59. The highest BCUT2D eigenvalue weighted by Crippen LogP contribution is 2.31. The Morgan fingerprint density at radius 1 is 1.21 bits per heavy atom. The quantitative estimate of drug-likeness (QED) is 0.675. The number of fused-ring (bicyclic) bond motifs is 1. The zero-order valence-electron chi connectivity index (χ0n) is 15.8. The van der Waals surface area contributed by atoms with Gasteiger partial charge in [-0.1, -0.05) is 25.0 Å². The Labute approximate surface area is 167 Å². The number of methoxy groups -OCH3 is 1. The van der Waals surface area contributed by atoms with Crippen LogP contribution in [0.1, 0.15) is 37.3 Å². The molecule has 1 saturated heterocycles. The van der Waals surface area contributed by atoms with Crippen LogP contribution in [0, 0.1) is 0 Å². The van der Waals surface area contributed by atoms with Crippen molar-refractivity contribution in [2.24, 2.45) is 0 Å². The standard InChI is InChI=1S/C21H23N3O3S/c1-27-16-8-6-15(7-9-16)18-5-3-2-4-11-24(18)19(25)13-23-14-22-20-17(21(23)26)10-12-28-20/h6-10,12,14,18H,2-5,11,13H2,1H3/t18-/m0/s1. The molecule has 1 atom stereocenters. The zero-order chi connectivity index (χ0) is 19.5. The van der Waals surface area contributed by atoms with Crippen LogP contribution in [0.2, 0.25) is 0 Å². The van der Waals surface area contributed by atoms with Crippen LogP contribution in [-0.4, -0.2) is 34.0 Å². The predicted octanol–water partition coefficient (Wildman–Crippen LogP) is 3.61. The number of thiophene rings is 1. The molecule has 2 aromatic heterocycles. The third kappa shape index (κ3) is 3.67. The molecule has 0 aliphatic carbocycles. The van der Waals surface area contributed by atoms with Gasteiger partial charge in [0.1, 0.15) is 17.1 Å². The van der Waals surface area contributed by atoms with Crippen molar-refractivity contribution < 1.29 is 9.53 Å². The van der Waals surface area contributed by atoms with Crippen molar-refractivity contribution in [2.75, 3.05) is 13.7 Å². The topological polar surface area (TPSA) is 64.4 Å². The number of carbonyl (C=O) groups excluding carboxylic acids is 1. The Bertz CT molecular complexity index is 1030. The number of likely N-dealkylation sites (tertiary alicyclic amines) is 1. The van der Waals surface area contributed by atoms with Gasteiger partial charge in [0.2, 0.25) is 5.91 Å². The van der Waals surface area contributed by atoms with Gasteiger partial charge in [0.05, 0.1) is 24.9 Å². The van der Waals surface area contributed by atoms with E-state index in [4.69, 9.17) is 4.74 Å². The van der Waals surface area contributed by atoms with Gasteiger partial charge in [-0.3, -0.25) is 14.2 Å². The molecule has 3 aromatic rings. The van der Waals surface area contributed by atoms with Gasteiger partial charge in [0.25, 0.3) is 5.56 Å². The average molecular weight is 398 g/mol. The van der Waals surface area contributed by atoms with E-state index in [0.717, 1.165) is 37.0 Å². The SMILES string of the molecule is COc1ccc([C@@H]2CCCCCN2C(=O)Cn2cnc3sccc3c2=O)cc1. The van der Waals surface area contributed by atoms with Crippen LogP contribution in [0.5, 0.6) is 5.75 Å². The predicted molar refractivity (Wildman–Crippen MR) is 110 cm³/mol. The Balaban J connectivity index is 1.60. The number of ether oxygens (including phenoxy) is 1. The van der Waals surface area contributed by atoms with E-state index in [1.165, 1.54) is 22.2 Å². The molecule has 0 saturated carbocycles. The van der Waals surface area contributed by atoms with Gasteiger partial charge in [-0.05, 0) is 42.0 Å². The highest BCUT2D eigenvalue weighted by atomic mass is 32.1. The summed E-state index contributed by atoms with van der Waals surface area (Å²) in [5.74, 6) is 0.762. The first-order valence-corrected chi connectivity index (χ1v) is 10.4. The van der Waals surface area contributed by atoms with Gasteiger partial charge < -0.3 is 9.64 Å². The fraction of sp³-hybridized carbons (Fsp3) is 0.381. The van der Waals surface area contributed by atoms with Crippen LogP contribution in [-0.2, 0) is 11.3 Å². The van der Waals surface area contributed by atoms with E-state index >= 15 is 0 Å². The molecule has 0 bridgehead atoms. The first-order chi connectivity index (χ1) is 13.7. The van der Waals surface area contributed by atoms with Gasteiger partial charge in [-0.25, -0.2) is 4.98 Å². The van der Waals surface area contributed by atoms with Crippen LogP contribution >= 0.6 is 11.3 Å².